The summed E-state index contributed by atoms with van der Waals surface area (Å²) in [5.74, 6) is 1.03. The predicted octanol–water partition coefficient (Wildman–Crippen LogP) is 5.66. The predicted molar refractivity (Wildman–Crippen MR) is 131 cm³/mol. The topological polar surface area (TPSA) is 69.7 Å². The van der Waals surface area contributed by atoms with Crippen LogP contribution in [0.2, 0.25) is 0 Å². The van der Waals surface area contributed by atoms with Gasteiger partial charge < -0.3 is 9.47 Å². The van der Waals surface area contributed by atoms with Gasteiger partial charge in [0, 0.05) is 18.8 Å². The molecule has 2 fully saturated rings. The van der Waals surface area contributed by atoms with Gasteiger partial charge in [-0.3, -0.25) is 14.4 Å². The average Bonchev–Trinajstić information content (AvgIpc) is 3.10. The lowest BCUT2D eigenvalue weighted by Gasteiger charge is -2.58. The van der Waals surface area contributed by atoms with E-state index in [1.54, 1.807) is 13.2 Å². The summed E-state index contributed by atoms with van der Waals surface area (Å²) in [7, 11) is 0. The molecule has 0 aromatic carbocycles. The van der Waals surface area contributed by atoms with E-state index in [0.717, 1.165) is 32.3 Å². The fourth-order valence-corrected chi connectivity index (χ4v) is 7.82. The number of Topliss-reactive ketones (excluding diaryl/α,β-unsaturated/α-hetero) is 1. The van der Waals surface area contributed by atoms with Gasteiger partial charge in [0.2, 0.25) is 0 Å². The minimum Gasteiger partial charge on any atom is -0.497 e. The van der Waals surface area contributed by atoms with E-state index in [4.69, 9.17) is 9.47 Å². The quantitative estimate of drug-likeness (QED) is 0.491. The molecule has 184 valence electrons. The Hall–Kier alpha value is -2.43. The number of hydrogen-bond donors (Lipinski definition) is 0. The van der Waals surface area contributed by atoms with Crippen molar-refractivity contribution in [3.63, 3.8) is 0 Å². The highest BCUT2D eigenvalue weighted by Gasteiger charge is 2.67. The van der Waals surface area contributed by atoms with Crippen molar-refractivity contribution in [3.8, 4) is 0 Å². The van der Waals surface area contributed by atoms with Crippen molar-refractivity contribution >= 4 is 17.5 Å². The van der Waals surface area contributed by atoms with Crippen LogP contribution >= 0.6 is 0 Å². The SMILES string of the molecule is C1=CCOC=C1.CC(=O)O[C@]1(C(C)=O)CC[C@H]2[C@@H]3C=C(C)C4=CC(=O)CC[C@]4(C)[C@H]3CC[C@@]21C. The maximum absolute atomic E-state index is 12.8. The van der Waals surface area contributed by atoms with Gasteiger partial charge in [-0.05, 0) is 92.9 Å². The first-order chi connectivity index (χ1) is 16.0. The third-order valence-corrected chi connectivity index (χ3v) is 9.45. The monoisotopic (exact) mass is 466 g/mol. The highest BCUT2D eigenvalue weighted by atomic mass is 16.6. The summed E-state index contributed by atoms with van der Waals surface area (Å²) in [5, 5.41) is 0. The minimum atomic E-state index is -0.990. The molecule has 5 aliphatic rings. The van der Waals surface area contributed by atoms with Gasteiger partial charge >= 0.3 is 5.97 Å². The second kappa shape index (κ2) is 8.98. The van der Waals surface area contributed by atoms with E-state index >= 15 is 0 Å². The third-order valence-electron chi connectivity index (χ3n) is 9.45. The van der Waals surface area contributed by atoms with E-state index in [9.17, 15) is 14.4 Å². The smallest absolute Gasteiger partial charge is 0.303 e. The standard InChI is InChI=1S/C24H32O4.C5H6O/c1-14-12-18-19(22(4)9-6-17(27)13-21(14)22)7-10-23(5)20(18)8-11-24(23,15(2)25)28-16(3)26;1-2-4-6-5-3-1/h12-13,18-20H,6-11H2,1-5H3;1-4H,5H2/t18-,19+,20+,22-,23+,24+;/m1./s1. The molecule has 1 heterocycles. The zero-order valence-corrected chi connectivity index (χ0v) is 21.2. The number of fused-ring (bicyclic) bond motifs is 5. The van der Waals surface area contributed by atoms with Gasteiger partial charge in [-0.1, -0.05) is 31.6 Å². The van der Waals surface area contributed by atoms with E-state index in [1.807, 2.05) is 24.3 Å². The Morgan fingerprint density at radius 3 is 2.35 bits per heavy atom. The van der Waals surface area contributed by atoms with Gasteiger partial charge in [-0.2, -0.15) is 0 Å². The first kappa shape index (κ1) is 24.7. The van der Waals surface area contributed by atoms with Crippen LogP contribution in [0.5, 0.6) is 0 Å². The molecule has 5 nitrogen and oxygen atoms in total. The zero-order chi connectivity index (χ0) is 24.7. The summed E-state index contributed by atoms with van der Waals surface area (Å²) < 4.78 is 10.6. The molecule has 0 bridgehead atoms. The van der Waals surface area contributed by atoms with E-state index in [1.165, 1.54) is 18.1 Å². The Kier molecular flexibility index (Phi) is 6.52. The Labute approximate surface area is 203 Å². The molecule has 0 saturated heterocycles. The van der Waals surface area contributed by atoms with Crippen LogP contribution in [0.3, 0.4) is 0 Å². The second-order valence-corrected chi connectivity index (χ2v) is 11.1. The van der Waals surface area contributed by atoms with E-state index < -0.39 is 5.60 Å². The summed E-state index contributed by atoms with van der Waals surface area (Å²) in [6.07, 6.45) is 16.7. The van der Waals surface area contributed by atoms with Crippen LogP contribution in [0.25, 0.3) is 0 Å². The first-order valence-corrected chi connectivity index (χ1v) is 12.6. The Morgan fingerprint density at radius 1 is 1.06 bits per heavy atom. The lowest BCUT2D eigenvalue weighted by Crippen LogP contribution is -2.58. The molecule has 0 spiro atoms. The summed E-state index contributed by atoms with van der Waals surface area (Å²) in [6.45, 7) is 10.4. The maximum atomic E-state index is 12.8. The maximum Gasteiger partial charge on any atom is 0.303 e. The van der Waals surface area contributed by atoms with Gasteiger partial charge in [-0.15, -0.1) is 0 Å². The molecule has 5 rings (SSSR count). The zero-order valence-electron chi connectivity index (χ0n) is 21.2. The molecule has 1 aliphatic heterocycles. The lowest BCUT2D eigenvalue weighted by atomic mass is 9.47. The molecule has 0 unspecified atom stereocenters. The second-order valence-electron chi connectivity index (χ2n) is 11.1. The molecule has 0 aromatic heterocycles. The molecule has 34 heavy (non-hydrogen) atoms. The number of ketones is 2. The van der Waals surface area contributed by atoms with Gasteiger partial charge in [0.25, 0.3) is 0 Å². The van der Waals surface area contributed by atoms with Crippen LogP contribution in [-0.2, 0) is 23.9 Å². The van der Waals surface area contributed by atoms with Crippen LogP contribution in [0, 0.1) is 28.6 Å². The first-order valence-electron chi connectivity index (χ1n) is 12.6. The van der Waals surface area contributed by atoms with Crippen molar-refractivity contribution in [2.24, 2.45) is 28.6 Å². The molecule has 4 aliphatic carbocycles. The number of allylic oxidation sites excluding steroid dienone is 6. The molecule has 0 amide bonds. The van der Waals surface area contributed by atoms with Crippen molar-refractivity contribution in [1.29, 1.82) is 0 Å². The fraction of sp³-hybridized carbons (Fsp3) is 0.621. The van der Waals surface area contributed by atoms with Gasteiger partial charge in [-0.25, -0.2) is 0 Å². The summed E-state index contributed by atoms with van der Waals surface area (Å²) in [5.41, 5.74) is 1.15. The lowest BCUT2D eigenvalue weighted by molar-refractivity contribution is -0.185. The van der Waals surface area contributed by atoms with E-state index in [2.05, 4.69) is 26.8 Å². The van der Waals surface area contributed by atoms with Crippen LogP contribution in [0.15, 0.2) is 47.8 Å². The van der Waals surface area contributed by atoms with Crippen LogP contribution in [0.1, 0.15) is 73.1 Å². The average molecular weight is 467 g/mol. The number of carbonyl (C=O) groups is 3. The molecule has 0 aromatic rings. The van der Waals surface area contributed by atoms with Gasteiger partial charge in [0.05, 0.1) is 6.26 Å². The van der Waals surface area contributed by atoms with Crippen LogP contribution in [-0.4, -0.2) is 29.7 Å². The fourth-order valence-electron chi connectivity index (χ4n) is 7.82. The molecular weight excluding hydrogens is 428 g/mol. The molecule has 0 radical (unpaired) electrons. The summed E-state index contributed by atoms with van der Waals surface area (Å²) >= 11 is 0. The third kappa shape index (κ3) is 3.81. The Balaban J connectivity index is 0.000000398. The number of carbonyl (C=O) groups excluding carboxylic acids is 3. The normalized spacial score (nSPS) is 39.8. The van der Waals surface area contributed by atoms with Crippen LogP contribution < -0.4 is 0 Å². The molecule has 2 saturated carbocycles. The van der Waals surface area contributed by atoms with E-state index in [-0.39, 0.29) is 28.4 Å². The van der Waals surface area contributed by atoms with E-state index in [0.29, 0.717) is 30.6 Å². The number of hydrogen-bond acceptors (Lipinski definition) is 5. The largest absolute Gasteiger partial charge is 0.497 e. The number of esters is 1. The number of rotatable bonds is 2. The molecule has 6 atom stereocenters. The number of ether oxygens (including phenoxy) is 2. The molecule has 5 heteroatoms. The highest BCUT2D eigenvalue weighted by molar-refractivity contribution is 5.92. The minimum absolute atomic E-state index is 0.0160. The van der Waals surface area contributed by atoms with Crippen molar-refractivity contribution < 1.29 is 23.9 Å². The van der Waals surface area contributed by atoms with Crippen molar-refractivity contribution in [3.05, 3.63) is 47.8 Å². The Morgan fingerprint density at radius 2 is 1.79 bits per heavy atom. The Bertz CT molecular complexity index is 988. The van der Waals surface area contributed by atoms with Gasteiger partial charge in [0.15, 0.2) is 17.2 Å². The molecule has 0 N–H and O–H groups in total. The van der Waals surface area contributed by atoms with Crippen molar-refractivity contribution in [2.75, 3.05) is 6.61 Å². The van der Waals surface area contributed by atoms with Crippen LogP contribution in [0.4, 0.5) is 0 Å². The van der Waals surface area contributed by atoms with Crippen molar-refractivity contribution in [2.45, 2.75) is 78.7 Å². The summed E-state index contributed by atoms with van der Waals surface area (Å²) in [4.78, 5) is 36.8. The van der Waals surface area contributed by atoms with Crippen molar-refractivity contribution in [1.82, 2.24) is 0 Å². The van der Waals surface area contributed by atoms with Gasteiger partial charge in [0.1, 0.15) is 6.61 Å². The summed E-state index contributed by atoms with van der Waals surface area (Å²) in [6, 6.07) is 0. The molecular formula is C29H38O5. The highest BCUT2D eigenvalue weighted by Crippen LogP contribution is 2.67.